The lowest BCUT2D eigenvalue weighted by molar-refractivity contribution is 0.0679. The molecule has 3 rings (SSSR count). The Morgan fingerprint density at radius 2 is 2.04 bits per heavy atom. The Bertz CT molecular complexity index is 670. The molecule has 1 amide bonds. The van der Waals surface area contributed by atoms with Gasteiger partial charge in [0.05, 0.1) is 4.88 Å². The molecule has 1 fully saturated rings. The number of hydrogen-bond acceptors (Lipinski definition) is 3. The molecule has 1 saturated heterocycles. The van der Waals surface area contributed by atoms with E-state index in [0.717, 1.165) is 46.4 Å². The van der Waals surface area contributed by atoms with Gasteiger partial charge in [0.25, 0.3) is 5.91 Å². The first-order valence-electron chi connectivity index (χ1n) is 7.97. The zero-order valence-electron chi connectivity index (χ0n) is 13.6. The summed E-state index contributed by atoms with van der Waals surface area (Å²) in [4.78, 5) is 16.7. The Balaban J connectivity index is 0.00000208. The number of carbonyl (C=O) groups is 1. The van der Waals surface area contributed by atoms with Crippen LogP contribution in [-0.4, -0.2) is 37.5 Å². The minimum atomic E-state index is 0. The molecule has 130 valence electrons. The number of halogens is 2. The second-order valence-electron chi connectivity index (χ2n) is 5.99. The van der Waals surface area contributed by atoms with E-state index in [-0.39, 0.29) is 18.3 Å². The molecule has 1 aliphatic heterocycles. The van der Waals surface area contributed by atoms with Gasteiger partial charge in [-0.15, -0.1) is 23.7 Å². The second kappa shape index (κ2) is 8.86. The van der Waals surface area contributed by atoms with E-state index >= 15 is 0 Å². The molecule has 0 bridgehead atoms. The summed E-state index contributed by atoms with van der Waals surface area (Å²) in [6.07, 6.45) is 2.29. The minimum absolute atomic E-state index is 0. The zero-order chi connectivity index (χ0) is 16.2. The Hall–Kier alpha value is -1.07. The van der Waals surface area contributed by atoms with Gasteiger partial charge in [-0.05, 0) is 62.2 Å². The Morgan fingerprint density at radius 1 is 1.29 bits per heavy atom. The van der Waals surface area contributed by atoms with Gasteiger partial charge in [0, 0.05) is 23.0 Å². The number of nitrogens with one attached hydrogen (secondary N) is 1. The van der Waals surface area contributed by atoms with Gasteiger partial charge in [0.2, 0.25) is 0 Å². The van der Waals surface area contributed by atoms with E-state index in [0.29, 0.717) is 5.92 Å². The van der Waals surface area contributed by atoms with Crippen LogP contribution in [0.3, 0.4) is 0 Å². The molecular weight excluding hydrogens is 363 g/mol. The van der Waals surface area contributed by atoms with Gasteiger partial charge in [-0.1, -0.05) is 23.7 Å². The van der Waals surface area contributed by atoms with Crippen molar-refractivity contribution >= 4 is 41.3 Å². The smallest absolute Gasteiger partial charge is 0.263 e. The van der Waals surface area contributed by atoms with Gasteiger partial charge < -0.3 is 10.2 Å². The largest absolute Gasteiger partial charge is 0.338 e. The number of amides is 1. The van der Waals surface area contributed by atoms with E-state index in [9.17, 15) is 4.79 Å². The van der Waals surface area contributed by atoms with Gasteiger partial charge in [-0.25, -0.2) is 0 Å². The molecule has 0 aliphatic carbocycles. The summed E-state index contributed by atoms with van der Waals surface area (Å²) in [6.45, 7) is 2.70. The van der Waals surface area contributed by atoms with Crippen LogP contribution in [0, 0.1) is 5.92 Å². The van der Waals surface area contributed by atoms with E-state index in [4.69, 9.17) is 11.6 Å². The molecule has 1 unspecified atom stereocenters. The summed E-state index contributed by atoms with van der Waals surface area (Å²) in [6, 6.07) is 11.7. The van der Waals surface area contributed by atoms with Crippen LogP contribution in [0.4, 0.5) is 0 Å². The summed E-state index contributed by atoms with van der Waals surface area (Å²) in [5.41, 5.74) is 1.10. The van der Waals surface area contributed by atoms with Crippen LogP contribution in [0.25, 0.3) is 10.4 Å². The molecular formula is C18H22Cl2N2OS. The highest BCUT2D eigenvalue weighted by Gasteiger charge is 2.25. The number of nitrogens with zero attached hydrogens (tertiary/aromatic N) is 1. The maximum absolute atomic E-state index is 12.7. The Kier molecular flexibility index (Phi) is 7.11. The van der Waals surface area contributed by atoms with Crippen molar-refractivity contribution in [3.8, 4) is 10.4 Å². The van der Waals surface area contributed by atoms with Crippen LogP contribution in [0.15, 0.2) is 36.4 Å². The number of benzene rings is 1. The fourth-order valence-corrected chi connectivity index (χ4v) is 4.19. The summed E-state index contributed by atoms with van der Waals surface area (Å²) in [5, 5.41) is 3.95. The highest BCUT2D eigenvalue weighted by molar-refractivity contribution is 7.17. The van der Waals surface area contributed by atoms with Gasteiger partial charge in [0.15, 0.2) is 0 Å². The van der Waals surface area contributed by atoms with E-state index < -0.39 is 0 Å². The average molecular weight is 385 g/mol. The lowest BCUT2D eigenvalue weighted by Gasteiger charge is -2.32. The van der Waals surface area contributed by atoms with Gasteiger partial charge >= 0.3 is 0 Å². The van der Waals surface area contributed by atoms with Crippen molar-refractivity contribution in [2.75, 3.05) is 26.7 Å². The standard InChI is InChI=1S/C18H21ClN2OS.ClH/c1-20-11-13-3-2-10-21(12-13)18(22)17-9-8-16(23-17)14-4-6-15(19)7-5-14;/h4-9,13,20H,2-3,10-12H2,1H3;1H. The van der Waals surface area contributed by atoms with Crippen molar-refractivity contribution in [3.63, 3.8) is 0 Å². The third-order valence-electron chi connectivity index (χ3n) is 4.24. The lowest BCUT2D eigenvalue weighted by atomic mass is 9.98. The Labute approximate surface area is 158 Å². The third-order valence-corrected chi connectivity index (χ3v) is 5.62. The number of rotatable bonds is 4. The normalized spacial score (nSPS) is 17.4. The third kappa shape index (κ3) is 4.51. The molecule has 1 aromatic heterocycles. The van der Waals surface area contributed by atoms with E-state index in [1.54, 1.807) is 11.3 Å². The molecule has 0 saturated carbocycles. The summed E-state index contributed by atoms with van der Waals surface area (Å²) >= 11 is 7.49. The quantitative estimate of drug-likeness (QED) is 0.837. The van der Waals surface area contributed by atoms with E-state index in [1.807, 2.05) is 48.3 Å². The van der Waals surface area contributed by atoms with Crippen molar-refractivity contribution in [1.29, 1.82) is 0 Å². The SMILES string of the molecule is CNCC1CCCN(C(=O)c2ccc(-c3ccc(Cl)cc3)s2)C1.Cl. The summed E-state index contributed by atoms with van der Waals surface area (Å²) < 4.78 is 0. The number of piperidine rings is 1. The van der Waals surface area contributed by atoms with Crippen molar-refractivity contribution in [3.05, 3.63) is 46.3 Å². The molecule has 0 spiro atoms. The van der Waals surface area contributed by atoms with Crippen LogP contribution in [-0.2, 0) is 0 Å². The maximum atomic E-state index is 12.7. The van der Waals surface area contributed by atoms with Gasteiger partial charge in [-0.3, -0.25) is 4.79 Å². The molecule has 3 nitrogen and oxygen atoms in total. The topological polar surface area (TPSA) is 32.3 Å². The summed E-state index contributed by atoms with van der Waals surface area (Å²) in [7, 11) is 1.97. The van der Waals surface area contributed by atoms with Crippen LogP contribution >= 0.6 is 35.3 Å². The molecule has 2 heterocycles. The van der Waals surface area contributed by atoms with Gasteiger partial charge in [0.1, 0.15) is 0 Å². The highest BCUT2D eigenvalue weighted by atomic mass is 35.5. The van der Waals surface area contributed by atoms with Crippen molar-refractivity contribution in [1.82, 2.24) is 10.2 Å². The second-order valence-corrected chi connectivity index (χ2v) is 7.51. The molecule has 24 heavy (non-hydrogen) atoms. The number of thiophene rings is 1. The fraction of sp³-hybridized carbons (Fsp3) is 0.389. The minimum Gasteiger partial charge on any atom is -0.338 e. The molecule has 1 N–H and O–H groups in total. The first-order chi connectivity index (χ1) is 11.2. The van der Waals surface area contributed by atoms with Crippen molar-refractivity contribution < 1.29 is 4.79 Å². The predicted octanol–water partition coefficient (Wildman–Crippen LogP) is 4.56. The van der Waals surface area contributed by atoms with E-state index in [2.05, 4.69) is 5.32 Å². The maximum Gasteiger partial charge on any atom is 0.263 e. The van der Waals surface area contributed by atoms with Crippen LogP contribution in [0.2, 0.25) is 5.02 Å². The van der Waals surface area contributed by atoms with Crippen LogP contribution < -0.4 is 5.32 Å². The fourth-order valence-electron chi connectivity index (χ4n) is 3.08. The predicted molar refractivity (Wildman–Crippen MR) is 105 cm³/mol. The molecule has 0 radical (unpaired) electrons. The highest BCUT2D eigenvalue weighted by Crippen LogP contribution is 2.30. The first-order valence-corrected chi connectivity index (χ1v) is 9.16. The van der Waals surface area contributed by atoms with Gasteiger partial charge in [-0.2, -0.15) is 0 Å². The number of carbonyl (C=O) groups excluding carboxylic acids is 1. The Morgan fingerprint density at radius 3 is 2.75 bits per heavy atom. The molecule has 1 aromatic carbocycles. The number of hydrogen-bond donors (Lipinski definition) is 1. The lowest BCUT2D eigenvalue weighted by Crippen LogP contribution is -2.42. The van der Waals surface area contributed by atoms with Crippen LogP contribution in [0.1, 0.15) is 22.5 Å². The average Bonchev–Trinajstić information content (AvgIpc) is 3.05. The van der Waals surface area contributed by atoms with Crippen molar-refractivity contribution in [2.45, 2.75) is 12.8 Å². The summed E-state index contributed by atoms with van der Waals surface area (Å²) in [5.74, 6) is 0.726. The monoisotopic (exact) mass is 384 g/mol. The van der Waals surface area contributed by atoms with E-state index in [1.165, 1.54) is 6.42 Å². The molecule has 1 atom stereocenters. The first kappa shape index (κ1) is 19.3. The molecule has 1 aliphatic rings. The zero-order valence-corrected chi connectivity index (χ0v) is 16.0. The molecule has 6 heteroatoms. The van der Waals surface area contributed by atoms with Crippen LogP contribution in [0.5, 0.6) is 0 Å². The molecule has 2 aromatic rings. The van der Waals surface area contributed by atoms with Crippen molar-refractivity contribution in [2.24, 2.45) is 5.92 Å². The number of likely N-dealkylation sites (tertiary alicyclic amines) is 1.